The Morgan fingerprint density at radius 2 is 1.83 bits per heavy atom. The van der Waals surface area contributed by atoms with E-state index in [1.165, 1.54) is 6.07 Å². The first-order valence-electron chi connectivity index (χ1n) is 3.45. The summed E-state index contributed by atoms with van der Waals surface area (Å²) in [6.07, 6.45) is -0.389. The summed E-state index contributed by atoms with van der Waals surface area (Å²) >= 11 is 0. The first kappa shape index (κ1) is 7.61. The van der Waals surface area contributed by atoms with E-state index in [1.807, 2.05) is 0 Å². The summed E-state index contributed by atoms with van der Waals surface area (Å²) in [5, 5.41) is 0. The Bertz CT molecular complexity index is 320. The Labute approximate surface area is 66.8 Å². The van der Waals surface area contributed by atoms with Gasteiger partial charge in [0, 0.05) is 5.56 Å². The van der Waals surface area contributed by atoms with Crippen LogP contribution >= 0.6 is 0 Å². The molecule has 1 aromatic rings. The molecule has 1 aliphatic rings. The van der Waals surface area contributed by atoms with Crippen LogP contribution in [-0.2, 0) is 4.74 Å². The van der Waals surface area contributed by atoms with Gasteiger partial charge in [-0.2, -0.15) is 0 Å². The lowest BCUT2D eigenvalue weighted by molar-refractivity contribution is 0.393. The minimum Gasteiger partial charge on any atom is -0.368 e. The second-order valence-corrected chi connectivity index (χ2v) is 2.59. The van der Waals surface area contributed by atoms with Gasteiger partial charge in [0.15, 0.2) is 17.5 Å². The molecule has 4 heteroatoms. The highest BCUT2D eigenvalue weighted by molar-refractivity contribution is 5.24. The molecule has 0 spiro atoms. The summed E-state index contributed by atoms with van der Waals surface area (Å²) in [6, 6.07) is 2.10. The van der Waals surface area contributed by atoms with E-state index < -0.39 is 17.5 Å². The SMILES string of the molecule is Fc1ccc([C@H]2CO2)c(F)c1F. The molecule has 0 amide bonds. The number of ether oxygens (including phenoxy) is 1. The van der Waals surface area contributed by atoms with Crippen molar-refractivity contribution in [3.05, 3.63) is 35.1 Å². The van der Waals surface area contributed by atoms with Gasteiger partial charge < -0.3 is 4.74 Å². The molecule has 0 unspecified atom stereocenters. The van der Waals surface area contributed by atoms with E-state index in [4.69, 9.17) is 4.74 Å². The highest BCUT2D eigenvalue weighted by atomic mass is 19.2. The molecular formula is C8H5F3O. The van der Waals surface area contributed by atoms with Crippen LogP contribution in [0.4, 0.5) is 13.2 Å². The zero-order chi connectivity index (χ0) is 8.72. The average molecular weight is 174 g/mol. The highest BCUT2D eigenvalue weighted by Crippen LogP contribution is 2.32. The van der Waals surface area contributed by atoms with Crippen molar-refractivity contribution < 1.29 is 17.9 Å². The van der Waals surface area contributed by atoms with Gasteiger partial charge in [-0.1, -0.05) is 6.07 Å². The third-order valence-electron chi connectivity index (χ3n) is 1.75. The van der Waals surface area contributed by atoms with Crippen LogP contribution in [0.3, 0.4) is 0 Å². The molecule has 2 rings (SSSR count). The molecule has 0 aliphatic carbocycles. The summed E-state index contributed by atoms with van der Waals surface area (Å²) in [6.45, 7) is 0.377. The Morgan fingerprint density at radius 1 is 1.17 bits per heavy atom. The van der Waals surface area contributed by atoms with Crippen molar-refractivity contribution in [1.29, 1.82) is 0 Å². The standard InChI is InChI=1S/C8H5F3O/c9-5-2-1-4(6-3-12-6)7(10)8(5)11/h1-2,6H,3H2/t6-/m1/s1. The van der Waals surface area contributed by atoms with E-state index in [9.17, 15) is 13.2 Å². The van der Waals surface area contributed by atoms with Crippen molar-refractivity contribution in [3.8, 4) is 0 Å². The maximum absolute atomic E-state index is 12.9. The normalized spacial score (nSPS) is 21.1. The van der Waals surface area contributed by atoms with E-state index in [0.717, 1.165) is 6.07 Å². The average Bonchev–Trinajstić information content (AvgIpc) is 2.84. The third kappa shape index (κ3) is 1.08. The van der Waals surface area contributed by atoms with Crippen molar-refractivity contribution in [2.45, 2.75) is 6.10 Å². The predicted octanol–water partition coefficient (Wildman–Crippen LogP) is 2.18. The number of rotatable bonds is 1. The Hall–Kier alpha value is -1.03. The van der Waals surface area contributed by atoms with Crippen LogP contribution in [0.25, 0.3) is 0 Å². The number of benzene rings is 1. The van der Waals surface area contributed by atoms with Crippen molar-refractivity contribution in [2.75, 3.05) is 6.61 Å². The van der Waals surface area contributed by atoms with Crippen molar-refractivity contribution >= 4 is 0 Å². The second kappa shape index (κ2) is 2.48. The topological polar surface area (TPSA) is 12.5 Å². The zero-order valence-corrected chi connectivity index (χ0v) is 5.98. The van der Waals surface area contributed by atoms with Gasteiger partial charge in [0.1, 0.15) is 6.10 Å². The molecule has 1 atom stereocenters. The highest BCUT2D eigenvalue weighted by Gasteiger charge is 2.29. The molecule has 0 saturated carbocycles. The monoisotopic (exact) mass is 174 g/mol. The number of hydrogen-bond acceptors (Lipinski definition) is 1. The first-order valence-corrected chi connectivity index (χ1v) is 3.45. The number of hydrogen-bond donors (Lipinski definition) is 0. The Morgan fingerprint density at radius 3 is 2.42 bits per heavy atom. The van der Waals surface area contributed by atoms with E-state index in [-0.39, 0.29) is 11.7 Å². The van der Waals surface area contributed by atoms with Gasteiger partial charge >= 0.3 is 0 Å². The number of halogens is 3. The van der Waals surface area contributed by atoms with Crippen LogP contribution in [0.15, 0.2) is 12.1 Å². The largest absolute Gasteiger partial charge is 0.368 e. The van der Waals surface area contributed by atoms with Crippen LogP contribution < -0.4 is 0 Å². The fourth-order valence-electron chi connectivity index (χ4n) is 1.02. The van der Waals surface area contributed by atoms with Gasteiger partial charge in [-0.3, -0.25) is 0 Å². The molecular weight excluding hydrogens is 169 g/mol. The van der Waals surface area contributed by atoms with Crippen molar-refractivity contribution in [2.24, 2.45) is 0 Å². The van der Waals surface area contributed by atoms with Gasteiger partial charge in [0.25, 0.3) is 0 Å². The van der Waals surface area contributed by atoms with E-state index >= 15 is 0 Å². The molecule has 0 aromatic heterocycles. The molecule has 1 heterocycles. The molecule has 1 saturated heterocycles. The molecule has 1 aliphatic heterocycles. The summed E-state index contributed by atoms with van der Waals surface area (Å²) < 4.78 is 42.6. The van der Waals surface area contributed by atoms with E-state index in [1.54, 1.807) is 0 Å². The number of epoxide rings is 1. The van der Waals surface area contributed by atoms with E-state index in [0.29, 0.717) is 6.61 Å². The molecule has 64 valence electrons. The molecule has 12 heavy (non-hydrogen) atoms. The quantitative estimate of drug-likeness (QED) is 0.469. The minimum atomic E-state index is -1.43. The lowest BCUT2D eigenvalue weighted by Crippen LogP contribution is -1.96. The fraction of sp³-hybridized carbons (Fsp3) is 0.250. The van der Waals surface area contributed by atoms with Gasteiger partial charge in [-0.25, -0.2) is 13.2 Å². The minimum absolute atomic E-state index is 0.0916. The van der Waals surface area contributed by atoms with Gasteiger partial charge in [-0.15, -0.1) is 0 Å². The maximum atomic E-state index is 12.9. The molecule has 1 aromatic carbocycles. The molecule has 0 radical (unpaired) electrons. The van der Waals surface area contributed by atoms with Crippen molar-refractivity contribution in [3.63, 3.8) is 0 Å². The third-order valence-corrected chi connectivity index (χ3v) is 1.75. The Kier molecular flexibility index (Phi) is 1.58. The molecule has 1 nitrogen and oxygen atoms in total. The molecule has 0 bridgehead atoms. The van der Waals surface area contributed by atoms with Gasteiger partial charge in [-0.05, 0) is 6.07 Å². The fourth-order valence-corrected chi connectivity index (χ4v) is 1.02. The zero-order valence-electron chi connectivity index (χ0n) is 5.98. The summed E-state index contributed by atoms with van der Waals surface area (Å²) in [5.41, 5.74) is 0.0916. The van der Waals surface area contributed by atoms with Crippen LogP contribution in [-0.4, -0.2) is 6.61 Å². The van der Waals surface area contributed by atoms with Crippen LogP contribution in [0.1, 0.15) is 11.7 Å². The predicted molar refractivity (Wildman–Crippen MR) is 35.0 cm³/mol. The lowest BCUT2D eigenvalue weighted by atomic mass is 10.1. The molecule has 0 N–H and O–H groups in total. The summed E-state index contributed by atoms with van der Waals surface area (Å²) in [4.78, 5) is 0. The van der Waals surface area contributed by atoms with Crippen LogP contribution in [0.5, 0.6) is 0 Å². The van der Waals surface area contributed by atoms with Gasteiger partial charge in [0.05, 0.1) is 6.61 Å². The smallest absolute Gasteiger partial charge is 0.194 e. The van der Waals surface area contributed by atoms with Crippen LogP contribution in [0.2, 0.25) is 0 Å². The van der Waals surface area contributed by atoms with Crippen LogP contribution in [0, 0.1) is 17.5 Å². The lowest BCUT2D eigenvalue weighted by Gasteiger charge is -1.99. The summed E-state index contributed by atoms with van der Waals surface area (Å²) in [7, 11) is 0. The second-order valence-electron chi connectivity index (χ2n) is 2.59. The molecule has 1 fully saturated rings. The van der Waals surface area contributed by atoms with Gasteiger partial charge in [0.2, 0.25) is 0 Å². The van der Waals surface area contributed by atoms with E-state index in [2.05, 4.69) is 0 Å². The maximum Gasteiger partial charge on any atom is 0.194 e. The first-order chi connectivity index (χ1) is 5.70. The summed E-state index contributed by atoms with van der Waals surface area (Å²) in [5.74, 6) is -3.74. The Balaban J connectivity index is 2.49. The van der Waals surface area contributed by atoms with Crippen molar-refractivity contribution in [1.82, 2.24) is 0 Å².